The molecule has 0 aliphatic carbocycles. The molecule has 2 unspecified atom stereocenters. The highest BCUT2D eigenvalue weighted by molar-refractivity contribution is 5.87. The van der Waals surface area contributed by atoms with Crippen molar-refractivity contribution < 1.29 is 4.79 Å². The van der Waals surface area contributed by atoms with E-state index in [2.05, 4.69) is 23.6 Å². The maximum absolute atomic E-state index is 12.3. The van der Waals surface area contributed by atoms with Crippen LogP contribution in [0.15, 0.2) is 0 Å². The number of rotatable bonds is 6. The number of carbonyl (C=O) groups is 1. The van der Waals surface area contributed by atoms with Crippen LogP contribution in [0.5, 0.6) is 0 Å². The number of nitrogens with one attached hydrogen (secondary N) is 2. The van der Waals surface area contributed by atoms with Gasteiger partial charge in [0.2, 0.25) is 5.91 Å². The highest BCUT2D eigenvalue weighted by Gasteiger charge is 2.40. The van der Waals surface area contributed by atoms with E-state index in [0.29, 0.717) is 6.42 Å². The number of hydrogen-bond donors (Lipinski definition) is 2. The molecule has 1 saturated heterocycles. The Morgan fingerprint density at radius 2 is 2.35 bits per heavy atom. The van der Waals surface area contributed by atoms with E-state index in [1.165, 1.54) is 0 Å². The van der Waals surface area contributed by atoms with Crippen LogP contribution in [0.3, 0.4) is 0 Å². The summed E-state index contributed by atoms with van der Waals surface area (Å²) in [6, 6.07) is 2.11. The van der Waals surface area contributed by atoms with Crippen LogP contribution < -0.4 is 10.6 Å². The Morgan fingerprint density at radius 1 is 1.59 bits per heavy atom. The van der Waals surface area contributed by atoms with Crippen LogP contribution in [-0.2, 0) is 4.79 Å². The number of nitrogens with zero attached hydrogens (tertiary/aromatic N) is 1. The van der Waals surface area contributed by atoms with Crippen molar-refractivity contribution >= 4 is 5.91 Å². The maximum Gasteiger partial charge on any atom is 0.240 e. The smallest absolute Gasteiger partial charge is 0.240 e. The molecular formula is C13H23N3O. The topological polar surface area (TPSA) is 64.9 Å². The van der Waals surface area contributed by atoms with Crippen molar-refractivity contribution in [1.82, 2.24) is 10.6 Å². The van der Waals surface area contributed by atoms with Gasteiger partial charge in [-0.05, 0) is 32.2 Å². The van der Waals surface area contributed by atoms with E-state index >= 15 is 0 Å². The monoisotopic (exact) mass is 237 g/mol. The first-order valence-electron chi connectivity index (χ1n) is 6.61. The second-order valence-electron chi connectivity index (χ2n) is 4.80. The molecule has 2 N–H and O–H groups in total. The minimum atomic E-state index is -0.377. The Labute approximate surface area is 104 Å². The van der Waals surface area contributed by atoms with Gasteiger partial charge in [0, 0.05) is 6.04 Å². The SMILES string of the molecule is CCCC1(C(=O)NC(CC)CC#N)CCCN1. The van der Waals surface area contributed by atoms with Crippen LogP contribution in [-0.4, -0.2) is 24.0 Å². The van der Waals surface area contributed by atoms with Gasteiger partial charge in [0.25, 0.3) is 0 Å². The molecule has 0 radical (unpaired) electrons. The molecule has 1 rings (SSSR count). The third-order valence-electron chi connectivity index (χ3n) is 3.52. The lowest BCUT2D eigenvalue weighted by Crippen LogP contribution is -2.55. The van der Waals surface area contributed by atoms with Crippen molar-refractivity contribution in [2.45, 2.75) is 64.0 Å². The van der Waals surface area contributed by atoms with Gasteiger partial charge >= 0.3 is 0 Å². The Bertz CT molecular complexity index is 290. The van der Waals surface area contributed by atoms with Crippen molar-refractivity contribution in [2.75, 3.05) is 6.54 Å². The number of nitriles is 1. The number of hydrogen-bond acceptors (Lipinski definition) is 3. The zero-order valence-corrected chi connectivity index (χ0v) is 10.9. The quantitative estimate of drug-likeness (QED) is 0.739. The van der Waals surface area contributed by atoms with E-state index in [1.807, 2.05) is 6.92 Å². The van der Waals surface area contributed by atoms with Crippen molar-refractivity contribution in [2.24, 2.45) is 0 Å². The molecule has 0 saturated carbocycles. The van der Waals surface area contributed by atoms with E-state index in [9.17, 15) is 4.79 Å². The summed E-state index contributed by atoms with van der Waals surface area (Å²) in [5.74, 6) is 0.0824. The second kappa shape index (κ2) is 6.61. The molecule has 0 aromatic heterocycles. The Balaban J connectivity index is 2.62. The Morgan fingerprint density at radius 3 is 2.82 bits per heavy atom. The summed E-state index contributed by atoms with van der Waals surface area (Å²) in [5.41, 5.74) is -0.377. The summed E-state index contributed by atoms with van der Waals surface area (Å²) < 4.78 is 0. The largest absolute Gasteiger partial charge is 0.351 e. The van der Waals surface area contributed by atoms with Crippen LogP contribution in [0.4, 0.5) is 0 Å². The first-order chi connectivity index (χ1) is 8.18. The summed E-state index contributed by atoms with van der Waals surface area (Å²) in [7, 11) is 0. The normalized spacial score (nSPS) is 25.2. The second-order valence-corrected chi connectivity index (χ2v) is 4.80. The molecule has 1 fully saturated rings. The van der Waals surface area contributed by atoms with Crippen molar-refractivity contribution in [3.05, 3.63) is 0 Å². The van der Waals surface area contributed by atoms with Crippen LogP contribution in [0, 0.1) is 11.3 Å². The third kappa shape index (κ3) is 3.44. The molecule has 1 aliphatic rings. The average molecular weight is 237 g/mol. The van der Waals surface area contributed by atoms with E-state index in [4.69, 9.17) is 5.26 Å². The summed E-state index contributed by atoms with van der Waals surface area (Å²) in [6.07, 6.45) is 5.04. The van der Waals surface area contributed by atoms with Gasteiger partial charge in [0.1, 0.15) is 0 Å². The standard InChI is InChI=1S/C13H23N3O/c1-3-7-13(8-5-10-15-13)12(17)16-11(4-2)6-9-14/h11,15H,3-8,10H2,1-2H3,(H,16,17). The lowest BCUT2D eigenvalue weighted by Gasteiger charge is -2.29. The highest BCUT2D eigenvalue weighted by Crippen LogP contribution is 2.25. The molecule has 0 aromatic rings. The molecule has 1 heterocycles. The minimum absolute atomic E-state index is 0.0105. The molecule has 1 amide bonds. The van der Waals surface area contributed by atoms with Gasteiger partial charge in [-0.1, -0.05) is 20.3 Å². The zero-order chi connectivity index (χ0) is 12.7. The van der Waals surface area contributed by atoms with Crippen molar-refractivity contribution in [1.29, 1.82) is 5.26 Å². The molecule has 96 valence electrons. The van der Waals surface area contributed by atoms with Crippen molar-refractivity contribution in [3.63, 3.8) is 0 Å². The molecule has 4 heteroatoms. The van der Waals surface area contributed by atoms with Gasteiger partial charge in [-0.25, -0.2) is 0 Å². The van der Waals surface area contributed by atoms with Gasteiger partial charge in [-0.2, -0.15) is 5.26 Å². The van der Waals surface area contributed by atoms with E-state index in [0.717, 1.165) is 38.6 Å². The van der Waals surface area contributed by atoms with Gasteiger partial charge in [0.05, 0.1) is 18.0 Å². The summed E-state index contributed by atoms with van der Waals surface area (Å²) >= 11 is 0. The van der Waals surface area contributed by atoms with Gasteiger partial charge in [-0.3, -0.25) is 4.79 Å². The fourth-order valence-corrected chi connectivity index (χ4v) is 2.48. The van der Waals surface area contributed by atoms with E-state index < -0.39 is 0 Å². The Hall–Kier alpha value is -1.08. The van der Waals surface area contributed by atoms with Crippen LogP contribution in [0.25, 0.3) is 0 Å². The molecule has 0 spiro atoms. The molecular weight excluding hydrogens is 214 g/mol. The average Bonchev–Trinajstić information content (AvgIpc) is 2.78. The van der Waals surface area contributed by atoms with Crippen LogP contribution >= 0.6 is 0 Å². The highest BCUT2D eigenvalue weighted by atomic mass is 16.2. The lowest BCUT2D eigenvalue weighted by atomic mass is 9.90. The van der Waals surface area contributed by atoms with E-state index in [1.54, 1.807) is 0 Å². The number of amides is 1. The molecule has 0 aromatic carbocycles. The first kappa shape index (κ1) is 14.0. The molecule has 1 aliphatic heterocycles. The summed E-state index contributed by atoms with van der Waals surface area (Å²) in [5, 5.41) is 15.1. The molecule has 0 bridgehead atoms. The molecule has 2 atom stereocenters. The fraction of sp³-hybridized carbons (Fsp3) is 0.846. The third-order valence-corrected chi connectivity index (χ3v) is 3.52. The van der Waals surface area contributed by atoms with Gasteiger partial charge in [0.15, 0.2) is 0 Å². The molecule has 17 heavy (non-hydrogen) atoms. The predicted molar refractivity (Wildman–Crippen MR) is 67.3 cm³/mol. The summed E-state index contributed by atoms with van der Waals surface area (Å²) in [6.45, 7) is 5.01. The lowest BCUT2D eigenvalue weighted by molar-refractivity contribution is -0.128. The minimum Gasteiger partial charge on any atom is -0.351 e. The maximum atomic E-state index is 12.3. The van der Waals surface area contributed by atoms with Gasteiger partial charge < -0.3 is 10.6 Å². The van der Waals surface area contributed by atoms with E-state index in [-0.39, 0.29) is 17.5 Å². The zero-order valence-electron chi connectivity index (χ0n) is 10.9. The van der Waals surface area contributed by atoms with Crippen LogP contribution in [0.2, 0.25) is 0 Å². The molecule has 4 nitrogen and oxygen atoms in total. The van der Waals surface area contributed by atoms with Crippen molar-refractivity contribution in [3.8, 4) is 6.07 Å². The first-order valence-corrected chi connectivity index (χ1v) is 6.61. The Kier molecular flexibility index (Phi) is 5.43. The van der Waals surface area contributed by atoms with Crippen LogP contribution in [0.1, 0.15) is 52.4 Å². The summed E-state index contributed by atoms with van der Waals surface area (Å²) in [4.78, 5) is 12.3. The number of carbonyl (C=O) groups excluding carboxylic acids is 1. The van der Waals surface area contributed by atoms with Gasteiger partial charge in [-0.15, -0.1) is 0 Å². The fourth-order valence-electron chi connectivity index (χ4n) is 2.48. The predicted octanol–water partition coefficient (Wildman–Crippen LogP) is 1.72.